The normalized spacial score (nSPS) is 11.8. The van der Waals surface area contributed by atoms with Crippen molar-refractivity contribution in [3.05, 3.63) is 34.9 Å². The van der Waals surface area contributed by atoms with E-state index in [1.807, 2.05) is 0 Å². The highest BCUT2D eigenvalue weighted by molar-refractivity contribution is 6.30. The van der Waals surface area contributed by atoms with Gasteiger partial charge in [-0.25, -0.2) is 0 Å². The first-order valence-corrected chi connectivity index (χ1v) is 7.00. The molecule has 0 heterocycles. The second-order valence-corrected chi connectivity index (χ2v) is 5.25. The largest absolute Gasteiger partial charge is 0.468 e. The maximum atomic E-state index is 13.4. The number of esters is 2. The Morgan fingerprint density at radius 1 is 1.00 bits per heavy atom. The Balaban J connectivity index is 3.13. The molecule has 0 atom stereocenters. The molecular weight excluding hydrogens is 353 g/mol. The minimum atomic E-state index is -5.28. The molecule has 1 rings (SSSR count). The lowest BCUT2D eigenvalue weighted by molar-refractivity contribution is -0.239. The van der Waals surface area contributed by atoms with Crippen molar-refractivity contribution in [3.63, 3.8) is 0 Å². The third-order valence-electron chi connectivity index (χ3n) is 3.44. The van der Waals surface area contributed by atoms with Gasteiger partial charge in [0.15, 0.2) is 5.78 Å². The Bertz CT molecular complexity index is 609. The zero-order valence-corrected chi connectivity index (χ0v) is 13.5. The van der Waals surface area contributed by atoms with Crippen LogP contribution in [-0.4, -0.2) is 38.1 Å². The first-order chi connectivity index (χ1) is 11.1. The summed E-state index contributed by atoms with van der Waals surface area (Å²) in [6.07, 6.45) is -7.13. The highest BCUT2D eigenvalue weighted by Crippen LogP contribution is 2.44. The molecule has 0 fully saturated rings. The molecule has 0 unspecified atom stereocenters. The van der Waals surface area contributed by atoms with Crippen LogP contribution in [0.3, 0.4) is 0 Å². The second kappa shape index (κ2) is 7.65. The number of Topliss-reactive ketones (excluding diaryl/α,β-unsaturated/α-hetero) is 1. The van der Waals surface area contributed by atoms with Crippen LogP contribution in [0, 0.1) is 5.41 Å². The molecule has 5 nitrogen and oxygen atoms in total. The number of methoxy groups -OCH3 is 2. The number of hydrogen-bond acceptors (Lipinski definition) is 5. The third-order valence-corrected chi connectivity index (χ3v) is 3.70. The first-order valence-electron chi connectivity index (χ1n) is 6.62. The minimum absolute atomic E-state index is 0.102. The molecule has 0 bridgehead atoms. The molecule has 0 saturated carbocycles. The fraction of sp³-hybridized carbons (Fsp3) is 0.400. The molecule has 1 aromatic carbocycles. The van der Waals surface area contributed by atoms with Crippen LogP contribution in [0.4, 0.5) is 13.2 Å². The molecule has 0 aliphatic rings. The SMILES string of the molecule is COC(=O)C(CCC(=O)c1ccc(Cl)cc1)(C(=O)OC)C(F)(F)F. The Morgan fingerprint density at radius 3 is 1.83 bits per heavy atom. The Hall–Kier alpha value is -2.09. The number of ether oxygens (including phenoxy) is 2. The molecule has 132 valence electrons. The summed E-state index contributed by atoms with van der Waals surface area (Å²) in [7, 11) is 1.43. The van der Waals surface area contributed by atoms with Gasteiger partial charge < -0.3 is 9.47 Å². The maximum absolute atomic E-state index is 13.4. The average molecular weight is 367 g/mol. The highest BCUT2D eigenvalue weighted by Gasteiger charge is 2.67. The molecule has 0 amide bonds. The van der Waals surface area contributed by atoms with Crippen LogP contribution >= 0.6 is 11.6 Å². The van der Waals surface area contributed by atoms with Gasteiger partial charge in [-0.2, -0.15) is 13.2 Å². The third kappa shape index (κ3) is 3.87. The first kappa shape index (κ1) is 20.0. The lowest BCUT2D eigenvalue weighted by Gasteiger charge is -2.29. The Morgan fingerprint density at radius 2 is 1.46 bits per heavy atom. The van der Waals surface area contributed by atoms with Crippen molar-refractivity contribution >= 4 is 29.3 Å². The van der Waals surface area contributed by atoms with Crippen LogP contribution in [-0.2, 0) is 19.1 Å². The summed E-state index contributed by atoms with van der Waals surface area (Å²) in [4.78, 5) is 35.4. The molecular formula is C15H14ClF3O5. The zero-order valence-electron chi connectivity index (χ0n) is 12.8. The van der Waals surface area contributed by atoms with Gasteiger partial charge >= 0.3 is 18.1 Å². The standard InChI is InChI=1S/C15H14ClF3O5/c1-23-12(21)14(13(22)24-2,15(17,18)19)8-7-11(20)9-3-5-10(16)6-4-9/h3-6H,7-8H2,1-2H3. The minimum Gasteiger partial charge on any atom is -0.468 e. The fourth-order valence-electron chi connectivity index (χ4n) is 2.09. The lowest BCUT2D eigenvalue weighted by Crippen LogP contribution is -2.52. The molecule has 0 N–H and O–H groups in total. The fourth-order valence-corrected chi connectivity index (χ4v) is 2.22. The van der Waals surface area contributed by atoms with Gasteiger partial charge in [-0.3, -0.25) is 14.4 Å². The van der Waals surface area contributed by atoms with Gasteiger partial charge in [-0.05, 0) is 30.7 Å². The summed E-state index contributed by atoms with van der Waals surface area (Å²) < 4.78 is 48.5. The lowest BCUT2D eigenvalue weighted by atomic mass is 9.81. The number of rotatable bonds is 6. The van der Waals surface area contributed by atoms with E-state index < -0.39 is 42.2 Å². The summed E-state index contributed by atoms with van der Waals surface area (Å²) >= 11 is 5.66. The molecule has 0 aliphatic heterocycles. The van der Waals surface area contributed by atoms with Crippen LogP contribution in [0.5, 0.6) is 0 Å². The number of carbonyl (C=O) groups is 3. The van der Waals surface area contributed by atoms with E-state index in [9.17, 15) is 27.6 Å². The van der Waals surface area contributed by atoms with E-state index in [1.165, 1.54) is 24.3 Å². The van der Waals surface area contributed by atoms with E-state index in [2.05, 4.69) is 9.47 Å². The highest BCUT2D eigenvalue weighted by atomic mass is 35.5. The van der Waals surface area contributed by atoms with Gasteiger partial charge in [0.1, 0.15) is 0 Å². The summed E-state index contributed by atoms with van der Waals surface area (Å²) in [6, 6.07) is 5.45. The van der Waals surface area contributed by atoms with Crippen molar-refractivity contribution in [1.82, 2.24) is 0 Å². The molecule has 0 aliphatic carbocycles. The molecule has 24 heavy (non-hydrogen) atoms. The van der Waals surface area contributed by atoms with Crippen molar-refractivity contribution in [2.24, 2.45) is 5.41 Å². The zero-order chi connectivity index (χ0) is 18.5. The van der Waals surface area contributed by atoms with Gasteiger partial charge in [0.2, 0.25) is 0 Å². The molecule has 9 heteroatoms. The number of alkyl halides is 3. The topological polar surface area (TPSA) is 69.7 Å². The second-order valence-electron chi connectivity index (χ2n) is 4.82. The van der Waals surface area contributed by atoms with Crippen LogP contribution in [0.1, 0.15) is 23.2 Å². The quantitative estimate of drug-likeness (QED) is 0.439. The molecule has 1 aromatic rings. The van der Waals surface area contributed by atoms with Crippen LogP contribution in [0.15, 0.2) is 24.3 Å². The van der Waals surface area contributed by atoms with Gasteiger partial charge in [-0.15, -0.1) is 0 Å². The number of benzene rings is 1. The number of carbonyl (C=O) groups excluding carboxylic acids is 3. The summed E-state index contributed by atoms with van der Waals surface area (Å²) in [5.74, 6) is -4.34. The van der Waals surface area contributed by atoms with Gasteiger partial charge in [-0.1, -0.05) is 11.6 Å². The summed E-state index contributed by atoms with van der Waals surface area (Å²) in [6.45, 7) is 0. The summed E-state index contributed by atoms with van der Waals surface area (Å²) in [5.41, 5.74) is -3.45. The van der Waals surface area contributed by atoms with Crippen molar-refractivity contribution in [3.8, 4) is 0 Å². The van der Waals surface area contributed by atoms with Gasteiger partial charge in [0.25, 0.3) is 5.41 Å². The Kier molecular flexibility index (Phi) is 6.36. The summed E-state index contributed by atoms with van der Waals surface area (Å²) in [5, 5.41) is 0.348. The van der Waals surface area contributed by atoms with Crippen molar-refractivity contribution in [1.29, 1.82) is 0 Å². The van der Waals surface area contributed by atoms with Crippen LogP contribution in [0.25, 0.3) is 0 Å². The molecule has 0 saturated heterocycles. The predicted molar refractivity (Wildman–Crippen MR) is 77.5 cm³/mol. The average Bonchev–Trinajstić information content (AvgIpc) is 2.53. The van der Waals surface area contributed by atoms with Crippen molar-refractivity contribution in [2.75, 3.05) is 14.2 Å². The molecule has 0 aromatic heterocycles. The van der Waals surface area contributed by atoms with Crippen molar-refractivity contribution < 1.29 is 37.0 Å². The monoisotopic (exact) mass is 366 g/mol. The van der Waals surface area contributed by atoms with E-state index in [4.69, 9.17) is 11.6 Å². The van der Waals surface area contributed by atoms with E-state index >= 15 is 0 Å². The number of halogens is 4. The smallest absolute Gasteiger partial charge is 0.415 e. The number of hydrogen-bond donors (Lipinski definition) is 0. The predicted octanol–water partition coefficient (Wildman–Crippen LogP) is 3.20. The van der Waals surface area contributed by atoms with Crippen LogP contribution in [0.2, 0.25) is 5.02 Å². The number of ketones is 1. The van der Waals surface area contributed by atoms with Crippen LogP contribution < -0.4 is 0 Å². The van der Waals surface area contributed by atoms with E-state index in [1.54, 1.807) is 0 Å². The van der Waals surface area contributed by atoms with E-state index in [-0.39, 0.29) is 5.56 Å². The maximum Gasteiger partial charge on any atom is 0.415 e. The molecule has 0 radical (unpaired) electrons. The van der Waals surface area contributed by atoms with Gasteiger partial charge in [0.05, 0.1) is 14.2 Å². The van der Waals surface area contributed by atoms with Crippen molar-refractivity contribution in [2.45, 2.75) is 19.0 Å². The van der Waals surface area contributed by atoms with Gasteiger partial charge in [0, 0.05) is 17.0 Å². The molecule has 0 spiro atoms. The van der Waals surface area contributed by atoms with E-state index in [0.29, 0.717) is 19.2 Å². The van der Waals surface area contributed by atoms with E-state index in [0.717, 1.165) is 0 Å². The Labute approximate surface area is 140 Å².